The second kappa shape index (κ2) is 10.2. The number of aliphatic hydroxyl groups excluding tert-OH is 1. The minimum Gasteiger partial charge on any atom is -0.481 e. The van der Waals surface area contributed by atoms with Crippen LogP contribution in [0.15, 0.2) is 30.3 Å². The number of carbonyl (C=O) groups excluding carboxylic acids is 1. The Morgan fingerprint density at radius 1 is 1.07 bits per heavy atom. The van der Waals surface area contributed by atoms with E-state index in [1.807, 2.05) is 11.3 Å². The molecule has 0 bridgehead atoms. The number of Topliss-reactive ketones (excluding diaryl/α,β-unsaturated/α-hetero) is 1. The molecule has 2 N–H and O–H groups in total. The Morgan fingerprint density at radius 2 is 1.86 bits per heavy atom. The summed E-state index contributed by atoms with van der Waals surface area (Å²) in [4.78, 5) is 24.2. The van der Waals surface area contributed by atoms with Crippen molar-refractivity contribution in [3.63, 3.8) is 0 Å². The van der Waals surface area contributed by atoms with Crippen molar-refractivity contribution in [2.24, 2.45) is 11.8 Å². The normalized spacial score (nSPS) is 22.2. The number of rotatable bonds is 11. The van der Waals surface area contributed by atoms with Crippen LogP contribution in [0.5, 0.6) is 0 Å². The van der Waals surface area contributed by atoms with Crippen LogP contribution < -0.4 is 0 Å². The molecule has 2 aromatic rings. The fourth-order valence-electron chi connectivity index (χ4n) is 4.45. The Kier molecular flexibility index (Phi) is 7.63. The number of carboxylic acid groups (broad SMARTS) is 1. The van der Waals surface area contributed by atoms with E-state index in [2.05, 4.69) is 30.3 Å². The molecule has 28 heavy (non-hydrogen) atoms. The molecular formula is C23H30O4S. The fraction of sp³-hybridized carbons (Fsp3) is 0.565. The second-order valence-corrected chi connectivity index (χ2v) is 9.17. The van der Waals surface area contributed by atoms with E-state index in [0.717, 1.165) is 44.9 Å². The van der Waals surface area contributed by atoms with Gasteiger partial charge in [0.15, 0.2) is 0 Å². The summed E-state index contributed by atoms with van der Waals surface area (Å²) in [7, 11) is 0. The van der Waals surface area contributed by atoms with Gasteiger partial charge in [0, 0.05) is 28.3 Å². The van der Waals surface area contributed by atoms with E-state index in [9.17, 15) is 14.7 Å². The smallest absolute Gasteiger partial charge is 0.303 e. The predicted octanol–water partition coefficient (Wildman–Crippen LogP) is 5.22. The molecule has 1 fully saturated rings. The summed E-state index contributed by atoms with van der Waals surface area (Å²) in [6, 6.07) is 10.7. The van der Waals surface area contributed by atoms with Gasteiger partial charge in [-0.2, -0.15) is 0 Å². The molecule has 3 atom stereocenters. The van der Waals surface area contributed by atoms with Crippen molar-refractivity contribution in [2.45, 2.75) is 70.3 Å². The van der Waals surface area contributed by atoms with Crippen molar-refractivity contribution in [1.29, 1.82) is 0 Å². The molecule has 4 nitrogen and oxygen atoms in total. The van der Waals surface area contributed by atoms with Crippen LogP contribution in [0.1, 0.15) is 62.7 Å². The van der Waals surface area contributed by atoms with Crippen LogP contribution in [0.25, 0.3) is 10.1 Å². The minimum atomic E-state index is -0.743. The lowest BCUT2D eigenvalue weighted by Gasteiger charge is -2.20. The van der Waals surface area contributed by atoms with E-state index in [4.69, 9.17) is 5.11 Å². The van der Waals surface area contributed by atoms with Gasteiger partial charge < -0.3 is 10.2 Å². The van der Waals surface area contributed by atoms with Gasteiger partial charge in [0.25, 0.3) is 0 Å². The summed E-state index contributed by atoms with van der Waals surface area (Å²) >= 11 is 1.83. The second-order valence-electron chi connectivity index (χ2n) is 8.00. The van der Waals surface area contributed by atoms with Crippen molar-refractivity contribution in [3.05, 3.63) is 35.2 Å². The van der Waals surface area contributed by atoms with Crippen molar-refractivity contribution >= 4 is 33.2 Å². The first-order valence-corrected chi connectivity index (χ1v) is 11.3. The van der Waals surface area contributed by atoms with Crippen LogP contribution in [0.3, 0.4) is 0 Å². The maximum Gasteiger partial charge on any atom is 0.303 e. The molecule has 1 heterocycles. The van der Waals surface area contributed by atoms with E-state index in [1.165, 1.54) is 15.0 Å². The summed E-state index contributed by atoms with van der Waals surface area (Å²) in [6.45, 7) is 0. The number of fused-ring (bicyclic) bond motifs is 1. The average molecular weight is 403 g/mol. The highest BCUT2D eigenvalue weighted by molar-refractivity contribution is 7.19. The van der Waals surface area contributed by atoms with Gasteiger partial charge in [-0.1, -0.05) is 37.5 Å². The number of carboxylic acids is 1. The number of aryl methyl sites for hydroxylation is 1. The molecule has 0 spiro atoms. The third-order valence-corrected chi connectivity index (χ3v) is 7.10. The van der Waals surface area contributed by atoms with Crippen molar-refractivity contribution in [1.82, 2.24) is 0 Å². The Hall–Kier alpha value is -1.72. The van der Waals surface area contributed by atoms with Gasteiger partial charge in [0.1, 0.15) is 5.78 Å². The molecular weight excluding hydrogens is 372 g/mol. The number of unbranched alkanes of at least 4 members (excludes halogenated alkanes) is 3. The highest BCUT2D eigenvalue weighted by atomic mass is 32.1. The van der Waals surface area contributed by atoms with Gasteiger partial charge >= 0.3 is 5.97 Å². The summed E-state index contributed by atoms with van der Waals surface area (Å²) in [5, 5.41) is 20.3. The van der Waals surface area contributed by atoms with Gasteiger partial charge in [-0.3, -0.25) is 9.59 Å². The van der Waals surface area contributed by atoms with E-state index in [1.54, 1.807) is 0 Å². The summed E-state index contributed by atoms with van der Waals surface area (Å²) < 4.78 is 1.31. The molecule has 1 aromatic carbocycles. The quantitative estimate of drug-likeness (QED) is 0.506. The van der Waals surface area contributed by atoms with E-state index in [0.29, 0.717) is 12.8 Å². The number of ketones is 1. The van der Waals surface area contributed by atoms with Crippen LogP contribution in [0.2, 0.25) is 0 Å². The monoisotopic (exact) mass is 402 g/mol. The lowest BCUT2D eigenvalue weighted by atomic mass is 9.85. The van der Waals surface area contributed by atoms with Gasteiger partial charge in [0.05, 0.1) is 6.10 Å². The zero-order valence-electron chi connectivity index (χ0n) is 16.3. The maximum atomic E-state index is 12.3. The van der Waals surface area contributed by atoms with Gasteiger partial charge in [-0.25, -0.2) is 0 Å². The molecule has 152 valence electrons. The summed E-state index contributed by atoms with van der Waals surface area (Å²) in [6.07, 6.45) is 7.25. The van der Waals surface area contributed by atoms with Crippen LogP contribution >= 0.6 is 11.3 Å². The van der Waals surface area contributed by atoms with Gasteiger partial charge in [0.2, 0.25) is 0 Å². The third kappa shape index (κ3) is 5.65. The molecule has 3 rings (SSSR count). The molecule has 1 saturated carbocycles. The van der Waals surface area contributed by atoms with E-state index >= 15 is 0 Å². The van der Waals surface area contributed by atoms with Crippen LogP contribution in [-0.2, 0) is 16.0 Å². The molecule has 0 aliphatic heterocycles. The number of hydrogen-bond acceptors (Lipinski definition) is 4. The number of benzene rings is 1. The van der Waals surface area contributed by atoms with Crippen LogP contribution in [0, 0.1) is 11.8 Å². The lowest BCUT2D eigenvalue weighted by Crippen LogP contribution is -2.21. The number of carbonyl (C=O) groups is 2. The first-order valence-electron chi connectivity index (χ1n) is 10.4. The molecule has 1 aliphatic carbocycles. The lowest BCUT2D eigenvalue weighted by molar-refractivity contribution is -0.137. The standard InChI is InChI=1S/C23H30O4S/c24-20-15-21(25)19(18(20)10-3-1-2-4-13-23(26)27)11-7-9-17-14-16-8-5-6-12-22(16)28-17/h5-6,8,12,14,18-19,21,25H,1-4,7,9-11,13,15H2,(H,26,27)/t18-,19?,21-/m1/s1. The highest BCUT2D eigenvalue weighted by Gasteiger charge is 2.40. The van der Waals surface area contributed by atoms with Crippen molar-refractivity contribution < 1.29 is 19.8 Å². The third-order valence-electron chi connectivity index (χ3n) is 5.93. The van der Waals surface area contributed by atoms with Gasteiger partial charge in [-0.15, -0.1) is 11.3 Å². The summed E-state index contributed by atoms with van der Waals surface area (Å²) in [5.74, 6) is -0.463. The zero-order valence-corrected chi connectivity index (χ0v) is 17.1. The summed E-state index contributed by atoms with van der Waals surface area (Å²) in [5.41, 5.74) is 0. The van der Waals surface area contributed by atoms with Gasteiger partial charge in [-0.05, 0) is 55.5 Å². The van der Waals surface area contributed by atoms with E-state index in [-0.39, 0.29) is 24.0 Å². The average Bonchev–Trinajstić information content (AvgIpc) is 3.18. The molecule has 0 radical (unpaired) electrons. The maximum absolute atomic E-state index is 12.3. The number of aliphatic carboxylic acids is 1. The van der Waals surface area contributed by atoms with Crippen molar-refractivity contribution in [2.75, 3.05) is 0 Å². The Balaban J connectivity index is 1.44. The number of aliphatic hydroxyl groups is 1. The van der Waals surface area contributed by atoms with E-state index < -0.39 is 12.1 Å². The first kappa shape index (κ1) is 21.0. The van der Waals surface area contributed by atoms with Crippen molar-refractivity contribution in [3.8, 4) is 0 Å². The topological polar surface area (TPSA) is 74.6 Å². The predicted molar refractivity (Wildman–Crippen MR) is 113 cm³/mol. The molecule has 5 heteroatoms. The fourth-order valence-corrected chi connectivity index (χ4v) is 5.56. The number of thiophene rings is 1. The highest BCUT2D eigenvalue weighted by Crippen LogP contribution is 2.37. The molecule has 0 saturated heterocycles. The number of hydrogen-bond donors (Lipinski definition) is 2. The SMILES string of the molecule is O=C(O)CCCCCC[C@H]1C(=O)C[C@@H](O)C1CCCc1cc2ccccc2s1. The minimum absolute atomic E-state index is 0.0168. The van der Waals surface area contributed by atoms with Crippen LogP contribution in [-0.4, -0.2) is 28.1 Å². The Morgan fingerprint density at radius 3 is 2.64 bits per heavy atom. The zero-order chi connectivity index (χ0) is 19.9. The Labute approximate surface area is 170 Å². The molecule has 0 amide bonds. The molecule has 1 aliphatic rings. The van der Waals surface area contributed by atoms with Crippen LogP contribution in [0.4, 0.5) is 0 Å². The Bertz CT molecular complexity index is 764. The first-order chi connectivity index (χ1) is 13.5. The molecule has 1 aromatic heterocycles. The largest absolute Gasteiger partial charge is 0.481 e. The molecule has 1 unspecified atom stereocenters.